The van der Waals surface area contributed by atoms with E-state index in [1.165, 1.54) is 12.1 Å². The lowest BCUT2D eigenvalue weighted by molar-refractivity contribution is -0.137. The zero-order valence-corrected chi connectivity index (χ0v) is 14.4. The number of halogens is 6. The standard InChI is InChI=1S/2C9H4F3NO2/c2*10-9(11,12)5-3-1-2-4-6(5)13-8(15)7(4)14/h2*1-3H,(H,13,14,15). The molecule has 2 aliphatic heterocycles. The summed E-state index contributed by atoms with van der Waals surface area (Å²) in [7, 11) is 0. The number of Topliss-reactive ketones (excluding diaryl/α,β-unsaturated/α-hetero) is 2. The number of ketones is 2. The maximum atomic E-state index is 12.4. The maximum absolute atomic E-state index is 12.4. The van der Waals surface area contributed by atoms with Gasteiger partial charge in [0.2, 0.25) is 0 Å². The number of fused-ring (bicyclic) bond motifs is 2. The van der Waals surface area contributed by atoms with Crippen molar-refractivity contribution in [3.05, 3.63) is 58.7 Å². The normalized spacial score (nSPS) is 15.1. The third-order valence-electron chi connectivity index (χ3n) is 4.12. The smallest absolute Gasteiger partial charge is 0.318 e. The van der Waals surface area contributed by atoms with Gasteiger partial charge in [0.1, 0.15) is 0 Å². The van der Waals surface area contributed by atoms with Gasteiger partial charge < -0.3 is 10.6 Å². The fourth-order valence-electron chi connectivity index (χ4n) is 2.81. The first kappa shape index (κ1) is 21.0. The van der Waals surface area contributed by atoms with Crippen molar-refractivity contribution in [3.63, 3.8) is 0 Å². The molecule has 4 rings (SSSR count). The molecule has 2 amide bonds. The van der Waals surface area contributed by atoms with E-state index in [-0.39, 0.29) is 11.1 Å². The summed E-state index contributed by atoms with van der Waals surface area (Å²) in [5, 5.41) is 3.83. The van der Waals surface area contributed by atoms with Crippen LogP contribution in [0.1, 0.15) is 31.8 Å². The van der Waals surface area contributed by atoms with Crippen LogP contribution in [0.2, 0.25) is 0 Å². The lowest BCUT2D eigenvalue weighted by Crippen LogP contribution is -2.13. The number of rotatable bonds is 0. The van der Waals surface area contributed by atoms with E-state index in [1.54, 1.807) is 0 Å². The molecule has 0 saturated carbocycles. The van der Waals surface area contributed by atoms with Crippen LogP contribution < -0.4 is 10.6 Å². The molecular formula is C18H8F6N2O4. The van der Waals surface area contributed by atoms with Crippen LogP contribution in [0.3, 0.4) is 0 Å². The Labute approximate surface area is 162 Å². The van der Waals surface area contributed by atoms with Crippen LogP contribution in [0.5, 0.6) is 0 Å². The fraction of sp³-hybridized carbons (Fsp3) is 0.111. The highest BCUT2D eigenvalue weighted by Crippen LogP contribution is 2.39. The number of nitrogens with one attached hydrogen (secondary N) is 2. The first-order valence-corrected chi connectivity index (χ1v) is 7.94. The summed E-state index contributed by atoms with van der Waals surface area (Å²) < 4.78 is 74.6. The van der Waals surface area contributed by atoms with Gasteiger partial charge in [0.25, 0.3) is 23.4 Å². The van der Waals surface area contributed by atoms with Crippen molar-refractivity contribution in [2.45, 2.75) is 12.4 Å². The second-order valence-corrected chi connectivity index (χ2v) is 6.02. The molecular weight excluding hydrogens is 422 g/mol. The molecule has 0 unspecified atom stereocenters. The predicted octanol–water partition coefficient (Wildman–Crippen LogP) is 3.68. The van der Waals surface area contributed by atoms with E-state index in [0.717, 1.165) is 24.3 Å². The van der Waals surface area contributed by atoms with Gasteiger partial charge in [-0.25, -0.2) is 0 Å². The summed E-state index contributed by atoms with van der Waals surface area (Å²) >= 11 is 0. The number of carbonyl (C=O) groups excluding carboxylic acids is 4. The highest BCUT2D eigenvalue weighted by Gasteiger charge is 2.40. The summed E-state index contributed by atoms with van der Waals surface area (Å²) in [4.78, 5) is 44.0. The lowest BCUT2D eigenvalue weighted by Gasteiger charge is -2.10. The average molecular weight is 430 g/mol. The van der Waals surface area contributed by atoms with Gasteiger partial charge in [-0.3, -0.25) is 19.2 Å². The van der Waals surface area contributed by atoms with Crippen LogP contribution in [-0.4, -0.2) is 23.4 Å². The number of anilines is 2. The van der Waals surface area contributed by atoms with Crippen molar-refractivity contribution in [3.8, 4) is 0 Å². The molecule has 12 heteroatoms. The van der Waals surface area contributed by atoms with Crippen LogP contribution in [0.4, 0.5) is 37.7 Å². The Kier molecular flexibility index (Phi) is 4.88. The number of alkyl halides is 6. The van der Waals surface area contributed by atoms with E-state index in [2.05, 4.69) is 0 Å². The van der Waals surface area contributed by atoms with Crippen LogP contribution in [-0.2, 0) is 21.9 Å². The quantitative estimate of drug-likeness (QED) is 0.493. The van der Waals surface area contributed by atoms with Crippen LogP contribution in [0.15, 0.2) is 36.4 Å². The molecule has 2 aromatic rings. The molecule has 0 fully saturated rings. The number of amides is 2. The van der Waals surface area contributed by atoms with Crippen molar-refractivity contribution in [2.24, 2.45) is 0 Å². The highest BCUT2D eigenvalue weighted by molar-refractivity contribution is 6.52. The van der Waals surface area contributed by atoms with Gasteiger partial charge in [-0.15, -0.1) is 0 Å². The Hall–Kier alpha value is -3.70. The third kappa shape index (κ3) is 3.63. The van der Waals surface area contributed by atoms with Crippen molar-refractivity contribution < 1.29 is 45.5 Å². The number of carbonyl (C=O) groups is 4. The lowest BCUT2D eigenvalue weighted by atomic mass is 10.1. The molecule has 2 heterocycles. The Bertz CT molecular complexity index is 1020. The molecule has 6 nitrogen and oxygen atoms in total. The Morgan fingerprint density at radius 3 is 1.20 bits per heavy atom. The second-order valence-electron chi connectivity index (χ2n) is 6.02. The zero-order valence-electron chi connectivity index (χ0n) is 14.4. The van der Waals surface area contributed by atoms with Crippen molar-refractivity contribution in [1.29, 1.82) is 0 Å². The molecule has 0 radical (unpaired) electrons. The van der Waals surface area contributed by atoms with Crippen molar-refractivity contribution in [1.82, 2.24) is 0 Å². The van der Waals surface area contributed by atoms with E-state index in [9.17, 15) is 45.5 Å². The molecule has 0 atom stereocenters. The second kappa shape index (κ2) is 6.97. The molecule has 0 aliphatic carbocycles. The van der Waals surface area contributed by atoms with Gasteiger partial charge in [-0.2, -0.15) is 26.3 Å². The van der Waals surface area contributed by atoms with Gasteiger partial charge >= 0.3 is 12.4 Å². The molecule has 30 heavy (non-hydrogen) atoms. The minimum Gasteiger partial charge on any atom is -0.318 e. The van der Waals surface area contributed by atoms with E-state index >= 15 is 0 Å². The first-order chi connectivity index (χ1) is 13.8. The molecule has 156 valence electrons. The Morgan fingerprint density at radius 1 is 0.567 bits per heavy atom. The monoisotopic (exact) mass is 430 g/mol. The summed E-state index contributed by atoms with van der Waals surface area (Å²) in [6.45, 7) is 0. The van der Waals surface area contributed by atoms with E-state index in [4.69, 9.17) is 0 Å². The number of hydrogen-bond donors (Lipinski definition) is 2. The van der Waals surface area contributed by atoms with Crippen LogP contribution >= 0.6 is 0 Å². The van der Waals surface area contributed by atoms with Gasteiger partial charge in [0, 0.05) is 0 Å². The molecule has 0 spiro atoms. The number of hydrogen-bond acceptors (Lipinski definition) is 4. The summed E-state index contributed by atoms with van der Waals surface area (Å²) in [5.74, 6) is -3.92. The zero-order chi connectivity index (χ0) is 22.4. The van der Waals surface area contributed by atoms with Crippen LogP contribution in [0.25, 0.3) is 0 Å². The Morgan fingerprint density at radius 2 is 0.900 bits per heavy atom. The van der Waals surface area contributed by atoms with E-state index < -0.39 is 58.2 Å². The summed E-state index contributed by atoms with van der Waals surface area (Å²) in [5.41, 5.74) is -3.34. The molecule has 2 aliphatic rings. The topological polar surface area (TPSA) is 92.3 Å². The molecule has 2 N–H and O–H groups in total. The summed E-state index contributed by atoms with van der Waals surface area (Å²) in [6.07, 6.45) is -9.16. The Balaban J connectivity index is 0.000000171. The average Bonchev–Trinajstić information content (AvgIpc) is 3.10. The van der Waals surface area contributed by atoms with Gasteiger partial charge in [-0.1, -0.05) is 12.1 Å². The van der Waals surface area contributed by atoms with E-state index in [1.807, 2.05) is 10.6 Å². The van der Waals surface area contributed by atoms with Gasteiger partial charge in [0.15, 0.2) is 0 Å². The van der Waals surface area contributed by atoms with Gasteiger partial charge in [-0.05, 0) is 24.3 Å². The molecule has 0 bridgehead atoms. The molecule has 0 aromatic heterocycles. The molecule has 2 aromatic carbocycles. The van der Waals surface area contributed by atoms with Crippen molar-refractivity contribution >= 4 is 34.8 Å². The maximum Gasteiger partial charge on any atom is 0.418 e. The minimum absolute atomic E-state index is 0.227. The van der Waals surface area contributed by atoms with Gasteiger partial charge in [0.05, 0.1) is 33.6 Å². The minimum atomic E-state index is -4.58. The third-order valence-corrected chi connectivity index (χ3v) is 4.12. The van der Waals surface area contributed by atoms with Crippen molar-refractivity contribution in [2.75, 3.05) is 10.6 Å². The SMILES string of the molecule is O=C1Nc2c(cccc2C(F)(F)F)C1=O.O=C1Nc2c(cccc2C(F)(F)F)C1=O. The fourth-order valence-corrected chi connectivity index (χ4v) is 2.81. The summed E-state index contributed by atoms with van der Waals surface area (Å²) in [6, 6.07) is 6.20. The highest BCUT2D eigenvalue weighted by atomic mass is 19.4. The number of para-hydroxylation sites is 2. The van der Waals surface area contributed by atoms with Crippen LogP contribution in [0, 0.1) is 0 Å². The van der Waals surface area contributed by atoms with E-state index in [0.29, 0.717) is 0 Å². The number of benzene rings is 2. The largest absolute Gasteiger partial charge is 0.418 e. The first-order valence-electron chi connectivity index (χ1n) is 7.94. The molecule has 0 saturated heterocycles. The predicted molar refractivity (Wildman–Crippen MR) is 88.8 cm³/mol.